The Balaban J connectivity index is 2.66. The van der Waals surface area contributed by atoms with Gasteiger partial charge in [-0.25, -0.2) is 10.9 Å². The van der Waals surface area contributed by atoms with E-state index in [1.807, 2.05) is 19.0 Å². The van der Waals surface area contributed by atoms with Gasteiger partial charge in [0.15, 0.2) is 5.13 Å². The van der Waals surface area contributed by atoms with Crippen molar-refractivity contribution < 1.29 is 4.84 Å². The quantitative estimate of drug-likeness (QED) is 0.680. The van der Waals surface area contributed by atoms with Crippen molar-refractivity contribution in [1.82, 2.24) is 4.98 Å². The minimum Gasteiger partial charge on any atom is -0.354 e. The first kappa shape index (κ1) is 8.45. The van der Waals surface area contributed by atoms with E-state index in [0.717, 1.165) is 10.0 Å². The maximum absolute atomic E-state index is 4.91. The van der Waals surface area contributed by atoms with Crippen molar-refractivity contribution in [2.45, 2.75) is 6.61 Å². The van der Waals surface area contributed by atoms with Crippen LogP contribution in [0.2, 0.25) is 0 Å². The van der Waals surface area contributed by atoms with E-state index in [9.17, 15) is 0 Å². The van der Waals surface area contributed by atoms with E-state index in [2.05, 4.69) is 9.82 Å². The lowest BCUT2D eigenvalue weighted by molar-refractivity contribution is 0.126. The predicted octanol–water partition coefficient (Wildman–Crippen LogP) is 0.599. The molecule has 0 saturated carbocycles. The maximum Gasteiger partial charge on any atom is 0.185 e. The van der Waals surface area contributed by atoms with Crippen molar-refractivity contribution in [3.8, 4) is 0 Å². The van der Waals surface area contributed by atoms with Gasteiger partial charge in [-0.05, 0) is 0 Å². The van der Waals surface area contributed by atoms with E-state index in [-0.39, 0.29) is 0 Å². The molecule has 2 N–H and O–H groups in total. The topological polar surface area (TPSA) is 51.4 Å². The molecule has 0 bridgehead atoms. The zero-order valence-electron chi connectivity index (χ0n) is 6.57. The fraction of sp³-hybridized carbons (Fsp3) is 0.500. The zero-order chi connectivity index (χ0) is 8.27. The molecule has 11 heavy (non-hydrogen) atoms. The molecule has 0 radical (unpaired) electrons. The second-order valence-electron chi connectivity index (χ2n) is 2.31. The van der Waals surface area contributed by atoms with Crippen LogP contribution in [0.4, 0.5) is 5.13 Å². The highest BCUT2D eigenvalue weighted by atomic mass is 32.1. The van der Waals surface area contributed by atoms with Crippen molar-refractivity contribution in [2.75, 3.05) is 19.0 Å². The summed E-state index contributed by atoms with van der Waals surface area (Å²) in [4.78, 5) is 11.6. The molecule has 0 atom stereocenters. The van der Waals surface area contributed by atoms with Crippen molar-refractivity contribution in [3.63, 3.8) is 0 Å². The Morgan fingerprint density at radius 2 is 2.45 bits per heavy atom. The molecule has 0 aliphatic heterocycles. The van der Waals surface area contributed by atoms with Crippen LogP contribution < -0.4 is 10.8 Å². The molecule has 1 heterocycles. The van der Waals surface area contributed by atoms with Crippen LogP contribution in [0.1, 0.15) is 4.88 Å². The molecule has 62 valence electrons. The van der Waals surface area contributed by atoms with Gasteiger partial charge in [0.2, 0.25) is 0 Å². The van der Waals surface area contributed by atoms with Gasteiger partial charge in [-0.2, -0.15) is 0 Å². The van der Waals surface area contributed by atoms with E-state index in [1.54, 1.807) is 17.5 Å². The van der Waals surface area contributed by atoms with Crippen molar-refractivity contribution in [3.05, 3.63) is 11.1 Å². The normalized spacial score (nSPS) is 10.1. The Labute approximate surface area is 69.6 Å². The van der Waals surface area contributed by atoms with Gasteiger partial charge in [-0.15, -0.1) is 0 Å². The van der Waals surface area contributed by atoms with Crippen molar-refractivity contribution in [1.29, 1.82) is 0 Å². The minimum absolute atomic E-state index is 0.436. The average molecular weight is 173 g/mol. The highest BCUT2D eigenvalue weighted by molar-refractivity contribution is 7.15. The van der Waals surface area contributed by atoms with Crippen LogP contribution in [0, 0.1) is 0 Å². The first-order valence-electron chi connectivity index (χ1n) is 3.17. The van der Waals surface area contributed by atoms with Crippen molar-refractivity contribution in [2.24, 2.45) is 5.90 Å². The molecular formula is C6H11N3OS. The molecule has 1 rings (SSSR count). The SMILES string of the molecule is CN(C)c1ncc(CON)s1. The van der Waals surface area contributed by atoms with Crippen LogP contribution in [0.25, 0.3) is 0 Å². The number of rotatable bonds is 3. The Bertz CT molecular complexity index is 223. The van der Waals surface area contributed by atoms with Gasteiger partial charge in [0.1, 0.15) is 6.61 Å². The third kappa shape index (κ3) is 2.14. The van der Waals surface area contributed by atoms with Crippen LogP contribution in [0.5, 0.6) is 0 Å². The molecule has 0 amide bonds. The number of nitrogens with zero attached hydrogens (tertiary/aromatic N) is 2. The second-order valence-corrected chi connectivity index (χ2v) is 3.41. The summed E-state index contributed by atoms with van der Waals surface area (Å²) in [5.74, 6) is 4.91. The Kier molecular flexibility index (Phi) is 2.81. The molecule has 5 heteroatoms. The number of nitrogens with two attached hydrogens (primary N) is 1. The largest absolute Gasteiger partial charge is 0.354 e. The van der Waals surface area contributed by atoms with Crippen LogP contribution in [0.15, 0.2) is 6.20 Å². The summed E-state index contributed by atoms with van der Waals surface area (Å²) in [7, 11) is 3.90. The maximum atomic E-state index is 4.91. The lowest BCUT2D eigenvalue weighted by Gasteiger charge is -2.04. The third-order valence-electron chi connectivity index (χ3n) is 1.15. The van der Waals surface area contributed by atoms with Crippen molar-refractivity contribution >= 4 is 16.5 Å². The van der Waals surface area contributed by atoms with E-state index in [1.165, 1.54) is 0 Å². The minimum atomic E-state index is 0.436. The van der Waals surface area contributed by atoms with Crippen LogP contribution in [-0.4, -0.2) is 19.1 Å². The van der Waals surface area contributed by atoms with Crippen LogP contribution in [0.3, 0.4) is 0 Å². The molecular weight excluding hydrogens is 162 g/mol. The number of hydrogen-bond donors (Lipinski definition) is 1. The lowest BCUT2D eigenvalue weighted by Crippen LogP contribution is -2.07. The summed E-state index contributed by atoms with van der Waals surface area (Å²) in [6.07, 6.45) is 1.77. The zero-order valence-corrected chi connectivity index (χ0v) is 7.39. The summed E-state index contributed by atoms with van der Waals surface area (Å²) in [5.41, 5.74) is 0. The molecule has 4 nitrogen and oxygen atoms in total. The smallest absolute Gasteiger partial charge is 0.185 e. The first-order valence-corrected chi connectivity index (χ1v) is 3.99. The third-order valence-corrected chi connectivity index (χ3v) is 2.29. The van der Waals surface area contributed by atoms with E-state index < -0.39 is 0 Å². The molecule has 1 aromatic heterocycles. The molecule has 0 saturated heterocycles. The van der Waals surface area contributed by atoms with E-state index in [4.69, 9.17) is 5.90 Å². The Morgan fingerprint density at radius 3 is 2.91 bits per heavy atom. The molecule has 0 unspecified atom stereocenters. The molecule has 0 aliphatic rings. The highest BCUT2D eigenvalue weighted by Gasteiger charge is 2.01. The average Bonchev–Trinajstić information content (AvgIpc) is 2.37. The summed E-state index contributed by atoms with van der Waals surface area (Å²) in [5, 5.41) is 0.969. The summed E-state index contributed by atoms with van der Waals surface area (Å²) >= 11 is 1.58. The van der Waals surface area contributed by atoms with Gasteiger partial charge in [0.05, 0.1) is 4.88 Å². The van der Waals surface area contributed by atoms with E-state index >= 15 is 0 Å². The van der Waals surface area contributed by atoms with Gasteiger partial charge in [-0.1, -0.05) is 11.3 Å². The number of aromatic nitrogens is 1. The predicted molar refractivity (Wildman–Crippen MR) is 45.4 cm³/mol. The standard InChI is InChI=1S/C6H11N3OS/c1-9(2)6-8-3-5(11-6)4-10-7/h3H,4,7H2,1-2H3. The summed E-state index contributed by atoms with van der Waals surface area (Å²) < 4.78 is 0. The Morgan fingerprint density at radius 1 is 1.73 bits per heavy atom. The van der Waals surface area contributed by atoms with Gasteiger partial charge >= 0.3 is 0 Å². The van der Waals surface area contributed by atoms with Crippen LogP contribution >= 0.6 is 11.3 Å². The molecule has 0 fully saturated rings. The highest BCUT2D eigenvalue weighted by Crippen LogP contribution is 2.20. The van der Waals surface area contributed by atoms with Gasteiger partial charge < -0.3 is 4.90 Å². The summed E-state index contributed by atoms with van der Waals surface area (Å²) in [6.45, 7) is 0.436. The molecule has 0 aliphatic carbocycles. The monoisotopic (exact) mass is 173 g/mol. The van der Waals surface area contributed by atoms with Gasteiger partial charge in [0, 0.05) is 20.3 Å². The van der Waals surface area contributed by atoms with Gasteiger partial charge in [-0.3, -0.25) is 4.84 Å². The molecule has 1 aromatic rings. The van der Waals surface area contributed by atoms with E-state index in [0.29, 0.717) is 6.61 Å². The molecule has 0 spiro atoms. The molecule has 0 aromatic carbocycles. The number of hydrogen-bond acceptors (Lipinski definition) is 5. The lowest BCUT2D eigenvalue weighted by atomic mass is 10.6. The second kappa shape index (κ2) is 3.66. The van der Waals surface area contributed by atoms with Gasteiger partial charge in [0.25, 0.3) is 0 Å². The number of thiazole rings is 1. The Hall–Kier alpha value is -0.650. The number of anilines is 1. The fourth-order valence-corrected chi connectivity index (χ4v) is 1.41. The summed E-state index contributed by atoms with van der Waals surface area (Å²) in [6, 6.07) is 0. The first-order chi connectivity index (χ1) is 5.24. The fourth-order valence-electron chi connectivity index (χ4n) is 0.653. The van der Waals surface area contributed by atoms with Crippen LogP contribution in [-0.2, 0) is 11.4 Å².